The molecule has 6 nitrogen and oxygen atoms in total. The van der Waals surface area contributed by atoms with Crippen molar-refractivity contribution in [1.82, 2.24) is 20.4 Å². The fourth-order valence-corrected chi connectivity index (χ4v) is 4.08. The van der Waals surface area contributed by atoms with Crippen LogP contribution in [0.1, 0.15) is 30.7 Å². The van der Waals surface area contributed by atoms with Gasteiger partial charge in [0.2, 0.25) is 0 Å². The minimum absolute atomic E-state index is 0.00483. The Labute approximate surface area is 162 Å². The summed E-state index contributed by atoms with van der Waals surface area (Å²) in [5.74, 6) is 0.0525. The second kappa shape index (κ2) is 7.76. The summed E-state index contributed by atoms with van der Waals surface area (Å²) in [5, 5.41) is 10.1. The molecule has 0 spiro atoms. The van der Waals surface area contributed by atoms with Gasteiger partial charge < -0.3 is 15.1 Å². The maximum atomic E-state index is 13.7. The molecule has 0 bridgehead atoms. The molecule has 0 radical (unpaired) electrons. The molecule has 3 heterocycles. The molecule has 1 aromatic heterocycles. The third-order valence-corrected chi connectivity index (χ3v) is 5.86. The molecule has 1 atom stereocenters. The van der Waals surface area contributed by atoms with Gasteiger partial charge in [-0.05, 0) is 48.9 Å². The van der Waals surface area contributed by atoms with Crippen LogP contribution in [-0.2, 0) is 0 Å². The van der Waals surface area contributed by atoms with E-state index in [1.165, 1.54) is 11.6 Å². The van der Waals surface area contributed by atoms with E-state index in [0.717, 1.165) is 44.6 Å². The molecule has 8 heteroatoms. The molecule has 0 saturated carbocycles. The number of halogens is 2. The van der Waals surface area contributed by atoms with Crippen molar-refractivity contribution < 1.29 is 9.18 Å². The van der Waals surface area contributed by atoms with E-state index < -0.39 is 5.82 Å². The summed E-state index contributed by atoms with van der Waals surface area (Å²) in [6, 6.07) is 4.91. The normalized spacial score (nSPS) is 20.9. The van der Waals surface area contributed by atoms with Gasteiger partial charge in [0.15, 0.2) is 0 Å². The van der Waals surface area contributed by atoms with E-state index in [0.29, 0.717) is 12.5 Å². The smallest absolute Gasteiger partial charge is 0.317 e. The van der Waals surface area contributed by atoms with E-state index in [1.54, 1.807) is 6.07 Å². The number of carbonyl (C=O) groups is 1. The molecule has 27 heavy (non-hydrogen) atoms. The van der Waals surface area contributed by atoms with E-state index in [-0.39, 0.29) is 17.1 Å². The van der Waals surface area contributed by atoms with Crippen LogP contribution in [0.3, 0.4) is 0 Å². The highest BCUT2D eigenvalue weighted by Gasteiger charge is 2.28. The molecule has 2 aliphatic rings. The predicted molar refractivity (Wildman–Crippen MR) is 103 cm³/mol. The maximum absolute atomic E-state index is 13.7. The van der Waals surface area contributed by atoms with Gasteiger partial charge in [-0.2, -0.15) is 5.10 Å². The Morgan fingerprint density at radius 3 is 2.78 bits per heavy atom. The summed E-state index contributed by atoms with van der Waals surface area (Å²) < 4.78 is 13.7. The van der Waals surface area contributed by atoms with E-state index in [4.69, 9.17) is 11.6 Å². The topological polar surface area (TPSA) is 64.3 Å². The van der Waals surface area contributed by atoms with Crippen molar-refractivity contribution in [2.75, 3.05) is 31.1 Å². The molecule has 2 fully saturated rings. The second-order valence-corrected chi connectivity index (χ2v) is 7.68. The van der Waals surface area contributed by atoms with Gasteiger partial charge in [0.05, 0.1) is 11.2 Å². The van der Waals surface area contributed by atoms with Crippen LogP contribution in [-0.4, -0.2) is 53.3 Å². The number of urea groups is 1. The number of rotatable bonds is 3. The number of benzene rings is 1. The summed E-state index contributed by atoms with van der Waals surface area (Å²) in [7, 11) is 0. The lowest BCUT2D eigenvalue weighted by molar-refractivity contribution is 0.178. The summed E-state index contributed by atoms with van der Waals surface area (Å²) in [4.78, 5) is 16.6. The summed E-state index contributed by atoms with van der Waals surface area (Å²) in [6.07, 6.45) is 6.56. The minimum atomic E-state index is -0.415. The van der Waals surface area contributed by atoms with E-state index >= 15 is 0 Å². The van der Waals surface area contributed by atoms with Crippen molar-refractivity contribution in [2.24, 2.45) is 0 Å². The number of hydrogen-bond donors (Lipinski definition) is 2. The molecule has 4 rings (SSSR count). The van der Waals surface area contributed by atoms with Crippen molar-refractivity contribution in [1.29, 1.82) is 0 Å². The van der Waals surface area contributed by atoms with Gasteiger partial charge in [-0.1, -0.05) is 11.6 Å². The third kappa shape index (κ3) is 4.03. The predicted octanol–water partition coefficient (Wildman–Crippen LogP) is 3.37. The lowest BCUT2D eigenvalue weighted by Gasteiger charge is -2.32. The standard InChI is InChI=1S/C19H23ClFN5O/c20-17-2-1-16(9-18(17)21)26-8-5-15(12-26)24-19(27)25-6-3-13(4-7-25)14-10-22-23-11-14/h1-2,9-11,13,15H,3-8,12H2,(H,22,23)(H,24,27). The van der Waals surface area contributed by atoms with Crippen molar-refractivity contribution >= 4 is 23.3 Å². The van der Waals surface area contributed by atoms with Gasteiger partial charge >= 0.3 is 6.03 Å². The molecule has 1 aromatic carbocycles. The van der Waals surface area contributed by atoms with Crippen LogP contribution in [0.4, 0.5) is 14.9 Å². The largest absolute Gasteiger partial charge is 0.369 e. The molecule has 2 aromatic rings. The Balaban J connectivity index is 1.27. The summed E-state index contributed by atoms with van der Waals surface area (Å²) >= 11 is 5.75. The number of aromatic amines is 1. The third-order valence-electron chi connectivity index (χ3n) is 5.56. The van der Waals surface area contributed by atoms with E-state index in [2.05, 4.69) is 20.4 Å². The fourth-order valence-electron chi connectivity index (χ4n) is 3.96. The number of anilines is 1. The number of likely N-dealkylation sites (tertiary alicyclic amines) is 1. The lowest BCUT2D eigenvalue weighted by Crippen LogP contribution is -2.48. The average molecular weight is 392 g/mol. The maximum Gasteiger partial charge on any atom is 0.317 e. The SMILES string of the molecule is O=C(NC1CCN(c2ccc(Cl)c(F)c2)C1)N1CCC(c2cn[nH]c2)CC1. The number of H-pyrrole nitrogens is 1. The second-order valence-electron chi connectivity index (χ2n) is 7.27. The Morgan fingerprint density at radius 2 is 2.07 bits per heavy atom. The molecule has 144 valence electrons. The number of carbonyl (C=O) groups excluding carboxylic acids is 1. The zero-order chi connectivity index (χ0) is 18.8. The van der Waals surface area contributed by atoms with Crippen molar-refractivity contribution in [3.63, 3.8) is 0 Å². The van der Waals surface area contributed by atoms with Gasteiger partial charge in [0, 0.05) is 44.1 Å². The van der Waals surface area contributed by atoms with Crippen molar-refractivity contribution in [3.05, 3.63) is 47.0 Å². The number of piperidine rings is 1. The Morgan fingerprint density at radius 1 is 1.26 bits per heavy atom. The van der Waals surface area contributed by atoms with Crippen LogP contribution in [0.2, 0.25) is 5.02 Å². The lowest BCUT2D eigenvalue weighted by atomic mass is 9.92. The van der Waals surface area contributed by atoms with E-state index in [1.807, 2.05) is 23.4 Å². The van der Waals surface area contributed by atoms with Crippen molar-refractivity contribution in [2.45, 2.75) is 31.2 Å². The highest BCUT2D eigenvalue weighted by Crippen LogP contribution is 2.28. The average Bonchev–Trinajstić information content (AvgIpc) is 3.36. The number of hydrogen-bond acceptors (Lipinski definition) is 3. The first kappa shape index (κ1) is 18.1. The summed E-state index contributed by atoms with van der Waals surface area (Å²) in [6.45, 7) is 2.97. The van der Waals surface area contributed by atoms with Crippen LogP contribution in [0.15, 0.2) is 30.6 Å². The monoisotopic (exact) mass is 391 g/mol. The molecule has 2 N–H and O–H groups in total. The zero-order valence-corrected chi connectivity index (χ0v) is 15.8. The zero-order valence-electron chi connectivity index (χ0n) is 15.0. The molecule has 1 unspecified atom stereocenters. The van der Waals surface area contributed by atoms with Gasteiger partial charge in [0.25, 0.3) is 0 Å². The Bertz CT molecular complexity index is 791. The number of aromatic nitrogens is 2. The van der Waals surface area contributed by atoms with Crippen molar-refractivity contribution in [3.8, 4) is 0 Å². The molecule has 2 aliphatic heterocycles. The highest BCUT2D eigenvalue weighted by atomic mass is 35.5. The molecule has 2 saturated heterocycles. The fraction of sp³-hybridized carbons (Fsp3) is 0.474. The van der Waals surface area contributed by atoms with Gasteiger partial charge in [-0.25, -0.2) is 9.18 Å². The van der Waals surface area contributed by atoms with Gasteiger partial charge in [-0.15, -0.1) is 0 Å². The van der Waals surface area contributed by atoms with E-state index in [9.17, 15) is 9.18 Å². The van der Waals surface area contributed by atoms with Crippen LogP contribution >= 0.6 is 11.6 Å². The number of nitrogens with zero attached hydrogens (tertiary/aromatic N) is 3. The van der Waals surface area contributed by atoms with Gasteiger partial charge in [-0.3, -0.25) is 5.10 Å². The Hall–Kier alpha value is -2.28. The molecule has 0 aliphatic carbocycles. The Kier molecular flexibility index (Phi) is 5.20. The van der Waals surface area contributed by atoms with Gasteiger partial charge in [0.1, 0.15) is 5.82 Å². The summed E-state index contributed by atoms with van der Waals surface area (Å²) in [5.41, 5.74) is 2.02. The van der Waals surface area contributed by atoms with Crippen LogP contribution in [0.25, 0.3) is 0 Å². The van der Waals surface area contributed by atoms with Crippen LogP contribution in [0, 0.1) is 5.82 Å². The first-order valence-corrected chi connectivity index (χ1v) is 9.72. The molecular formula is C19H23ClFN5O. The number of amides is 2. The highest BCUT2D eigenvalue weighted by molar-refractivity contribution is 6.30. The molecular weight excluding hydrogens is 369 g/mol. The number of nitrogens with one attached hydrogen (secondary N) is 2. The van der Waals surface area contributed by atoms with Crippen LogP contribution < -0.4 is 10.2 Å². The van der Waals surface area contributed by atoms with Crippen LogP contribution in [0.5, 0.6) is 0 Å². The first-order valence-electron chi connectivity index (χ1n) is 9.34. The quantitative estimate of drug-likeness (QED) is 0.843. The first-order chi connectivity index (χ1) is 13.1. The minimum Gasteiger partial charge on any atom is -0.369 e. The molecule has 2 amide bonds.